The van der Waals surface area contributed by atoms with Gasteiger partial charge < -0.3 is 15.4 Å². The van der Waals surface area contributed by atoms with Crippen molar-refractivity contribution in [2.45, 2.75) is 19.9 Å². The quantitative estimate of drug-likeness (QED) is 0.267. The third-order valence-corrected chi connectivity index (χ3v) is 5.97. The Kier molecular flexibility index (Phi) is 6.38. The second-order valence-corrected chi connectivity index (χ2v) is 8.40. The minimum Gasteiger partial charge on any atom is -0.494 e. The molecule has 37 heavy (non-hydrogen) atoms. The van der Waals surface area contributed by atoms with Crippen molar-refractivity contribution in [3.63, 3.8) is 0 Å². The van der Waals surface area contributed by atoms with E-state index in [4.69, 9.17) is 9.84 Å². The molecule has 5 rings (SSSR count). The summed E-state index contributed by atoms with van der Waals surface area (Å²) in [6, 6.07) is 22.2. The molecule has 1 atom stereocenters. The summed E-state index contributed by atoms with van der Waals surface area (Å²) in [6.45, 7) is 4.29. The largest absolute Gasteiger partial charge is 0.494 e. The molecule has 1 aliphatic heterocycles. The van der Waals surface area contributed by atoms with E-state index in [1.165, 1.54) is 12.1 Å². The average Bonchev–Trinajstić information content (AvgIpc) is 3.33. The molecule has 0 saturated carbocycles. The van der Waals surface area contributed by atoms with E-state index in [2.05, 4.69) is 15.6 Å². The van der Waals surface area contributed by atoms with Crippen molar-refractivity contribution >= 4 is 23.2 Å². The number of amides is 1. The zero-order valence-corrected chi connectivity index (χ0v) is 20.2. The number of non-ortho nitro benzene ring substituents is 1. The average molecular weight is 497 g/mol. The van der Waals surface area contributed by atoms with Gasteiger partial charge in [0.05, 0.1) is 17.1 Å². The van der Waals surface area contributed by atoms with Crippen LogP contribution < -0.4 is 15.4 Å². The number of hydrogen-bond acceptors (Lipinski definition) is 7. The van der Waals surface area contributed by atoms with Gasteiger partial charge in [0.15, 0.2) is 5.82 Å². The zero-order valence-electron chi connectivity index (χ0n) is 20.2. The molecule has 1 aromatic heterocycles. The predicted molar refractivity (Wildman–Crippen MR) is 139 cm³/mol. The molecule has 0 radical (unpaired) electrons. The number of allylic oxidation sites excluding steroid dienone is 1. The van der Waals surface area contributed by atoms with Crippen molar-refractivity contribution in [3.05, 3.63) is 106 Å². The first-order chi connectivity index (χ1) is 17.9. The normalized spacial score (nSPS) is 14.5. The smallest absolute Gasteiger partial charge is 0.269 e. The monoisotopic (exact) mass is 496 g/mol. The van der Waals surface area contributed by atoms with Gasteiger partial charge >= 0.3 is 0 Å². The highest BCUT2D eigenvalue weighted by molar-refractivity contribution is 6.06. The van der Waals surface area contributed by atoms with Crippen LogP contribution in [-0.2, 0) is 4.79 Å². The summed E-state index contributed by atoms with van der Waals surface area (Å²) < 4.78 is 7.26. The lowest BCUT2D eigenvalue weighted by molar-refractivity contribution is -0.384. The Hall–Kier alpha value is -4.99. The SMILES string of the molecule is CCOc1ccc(C2C(C(=O)Nc3ccccc3)=C(C)Nc3nc(-c4ccc([N+](=O)[O-])cc4)nn32)cc1. The van der Waals surface area contributed by atoms with Crippen molar-refractivity contribution in [1.29, 1.82) is 0 Å². The van der Waals surface area contributed by atoms with Gasteiger partial charge in [-0.15, -0.1) is 5.10 Å². The predicted octanol–water partition coefficient (Wildman–Crippen LogP) is 5.18. The molecule has 0 bridgehead atoms. The number of ether oxygens (including phenoxy) is 1. The third kappa shape index (κ3) is 4.76. The Morgan fingerprint density at radius 2 is 1.78 bits per heavy atom. The lowest BCUT2D eigenvalue weighted by Crippen LogP contribution is -2.31. The Labute approximate surface area is 212 Å². The minimum absolute atomic E-state index is 0.0181. The number of fused-ring (bicyclic) bond motifs is 1. The molecule has 1 amide bonds. The number of aromatic nitrogens is 3. The summed E-state index contributed by atoms with van der Waals surface area (Å²) in [7, 11) is 0. The molecule has 10 heteroatoms. The maximum absolute atomic E-state index is 13.6. The summed E-state index contributed by atoms with van der Waals surface area (Å²) in [5.41, 5.74) is 3.23. The van der Waals surface area contributed by atoms with Crippen LogP contribution in [0.1, 0.15) is 25.5 Å². The van der Waals surface area contributed by atoms with E-state index in [9.17, 15) is 14.9 Å². The Morgan fingerprint density at radius 1 is 1.08 bits per heavy atom. The van der Waals surface area contributed by atoms with Crippen LogP contribution in [0.15, 0.2) is 90.1 Å². The highest BCUT2D eigenvalue weighted by Gasteiger charge is 2.34. The summed E-state index contributed by atoms with van der Waals surface area (Å²) in [4.78, 5) is 28.8. The van der Waals surface area contributed by atoms with Gasteiger partial charge in [0.25, 0.3) is 11.6 Å². The number of nitrogens with one attached hydrogen (secondary N) is 2. The molecule has 0 saturated heterocycles. The lowest BCUT2D eigenvalue weighted by atomic mass is 9.95. The standard InChI is InChI=1S/C27H24N6O4/c1-3-37-22-15-11-18(12-16-22)24-23(26(34)29-20-7-5-4-6-8-20)17(2)28-27-30-25(31-32(24)27)19-9-13-21(14-10-19)33(35)36/h4-16,24H,3H2,1-2H3,(H,29,34)(H,28,30,31). The van der Waals surface area contributed by atoms with E-state index in [0.29, 0.717) is 40.9 Å². The number of anilines is 2. The van der Waals surface area contributed by atoms with Crippen LogP contribution in [0.4, 0.5) is 17.3 Å². The van der Waals surface area contributed by atoms with E-state index in [-0.39, 0.29) is 11.6 Å². The fraction of sp³-hybridized carbons (Fsp3) is 0.148. The van der Waals surface area contributed by atoms with Gasteiger partial charge in [-0.2, -0.15) is 4.98 Å². The van der Waals surface area contributed by atoms with Crippen LogP contribution in [0.5, 0.6) is 5.75 Å². The van der Waals surface area contributed by atoms with Gasteiger partial charge in [-0.3, -0.25) is 14.9 Å². The number of nitro benzene ring substituents is 1. The summed E-state index contributed by atoms with van der Waals surface area (Å²) in [5, 5.41) is 21.9. The van der Waals surface area contributed by atoms with Crippen LogP contribution in [0.2, 0.25) is 0 Å². The van der Waals surface area contributed by atoms with E-state index < -0.39 is 11.0 Å². The molecule has 0 fully saturated rings. The topological polar surface area (TPSA) is 124 Å². The van der Waals surface area contributed by atoms with E-state index in [0.717, 1.165) is 11.3 Å². The number of benzene rings is 3. The van der Waals surface area contributed by atoms with Crippen molar-refractivity contribution in [2.24, 2.45) is 0 Å². The van der Waals surface area contributed by atoms with Gasteiger partial charge in [0, 0.05) is 29.1 Å². The van der Waals surface area contributed by atoms with Crippen molar-refractivity contribution in [2.75, 3.05) is 17.2 Å². The first-order valence-corrected chi connectivity index (χ1v) is 11.7. The second kappa shape index (κ2) is 9.94. The molecule has 0 spiro atoms. The van der Waals surface area contributed by atoms with E-state index in [1.807, 2.05) is 68.4 Å². The minimum atomic E-state index is -0.574. The van der Waals surface area contributed by atoms with Gasteiger partial charge in [0.2, 0.25) is 5.95 Å². The zero-order chi connectivity index (χ0) is 25.9. The molecule has 1 unspecified atom stereocenters. The van der Waals surface area contributed by atoms with Crippen LogP contribution in [0.25, 0.3) is 11.4 Å². The molecule has 4 aromatic rings. The van der Waals surface area contributed by atoms with Crippen molar-refractivity contribution < 1.29 is 14.5 Å². The summed E-state index contributed by atoms with van der Waals surface area (Å²) in [6.07, 6.45) is 0. The van der Waals surface area contributed by atoms with Gasteiger partial charge in [-0.05, 0) is 55.8 Å². The fourth-order valence-corrected chi connectivity index (χ4v) is 4.24. The van der Waals surface area contributed by atoms with Crippen LogP contribution >= 0.6 is 0 Å². The molecule has 1 aliphatic rings. The number of carbonyl (C=O) groups is 1. The first kappa shape index (κ1) is 23.7. The van der Waals surface area contributed by atoms with E-state index in [1.54, 1.807) is 16.8 Å². The van der Waals surface area contributed by atoms with Crippen LogP contribution in [0.3, 0.4) is 0 Å². The molecule has 2 N–H and O–H groups in total. The number of carbonyl (C=O) groups excluding carboxylic acids is 1. The number of hydrogen-bond donors (Lipinski definition) is 2. The fourth-order valence-electron chi connectivity index (χ4n) is 4.24. The molecule has 2 heterocycles. The first-order valence-electron chi connectivity index (χ1n) is 11.7. The van der Waals surface area contributed by atoms with Gasteiger partial charge in [-0.25, -0.2) is 4.68 Å². The molecular weight excluding hydrogens is 472 g/mol. The summed E-state index contributed by atoms with van der Waals surface area (Å²) in [5.74, 6) is 1.29. The molecular formula is C27H24N6O4. The van der Waals surface area contributed by atoms with Gasteiger partial charge in [-0.1, -0.05) is 30.3 Å². The molecule has 10 nitrogen and oxygen atoms in total. The second-order valence-electron chi connectivity index (χ2n) is 8.40. The van der Waals surface area contributed by atoms with Crippen molar-refractivity contribution in [1.82, 2.24) is 14.8 Å². The maximum Gasteiger partial charge on any atom is 0.269 e. The Bertz CT molecular complexity index is 1480. The lowest BCUT2D eigenvalue weighted by Gasteiger charge is -2.28. The van der Waals surface area contributed by atoms with Crippen LogP contribution in [0, 0.1) is 10.1 Å². The number of nitro groups is 1. The third-order valence-electron chi connectivity index (χ3n) is 5.97. The van der Waals surface area contributed by atoms with Crippen molar-refractivity contribution in [3.8, 4) is 17.1 Å². The molecule has 3 aromatic carbocycles. The Morgan fingerprint density at radius 3 is 2.43 bits per heavy atom. The number of nitrogens with zero attached hydrogens (tertiary/aromatic N) is 4. The molecule has 186 valence electrons. The maximum atomic E-state index is 13.6. The Balaban J connectivity index is 1.57. The highest BCUT2D eigenvalue weighted by Crippen LogP contribution is 2.37. The van der Waals surface area contributed by atoms with E-state index >= 15 is 0 Å². The summed E-state index contributed by atoms with van der Waals surface area (Å²) >= 11 is 0. The number of para-hydroxylation sites is 1. The van der Waals surface area contributed by atoms with Gasteiger partial charge in [0.1, 0.15) is 11.8 Å². The number of rotatable bonds is 7. The highest BCUT2D eigenvalue weighted by atomic mass is 16.6. The van der Waals surface area contributed by atoms with Crippen LogP contribution in [-0.4, -0.2) is 32.2 Å². The molecule has 0 aliphatic carbocycles.